The molecule has 4 heteroatoms. The van der Waals surface area contributed by atoms with Crippen LogP contribution in [0.4, 0.5) is 0 Å². The van der Waals surface area contributed by atoms with Crippen molar-refractivity contribution in [2.45, 2.75) is 31.6 Å². The second-order valence-corrected chi connectivity index (χ2v) is 6.38. The number of carbonyl (C=O) groups is 1. The Bertz CT molecular complexity index is 708. The Morgan fingerprint density at radius 2 is 1.95 bits per heavy atom. The Morgan fingerprint density at radius 3 is 2.52 bits per heavy atom. The lowest BCUT2D eigenvalue weighted by atomic mass is 9.61. The molecule has 0 radical (unpaired) electrons. The highest BCUT2D eigenvalue weighted by atomic mass is 35.5. The van der Waals surface area contributed by atoms with Gasteiger partial charge in [0.15, 0.2) is 5.78 Å². The van der Waals surface area contributed by atoms with E-state index in [1.807, 2.05) is 31.2 Å². The third-order valence-electron chi connectivity index (χ3n) is 4.34. The van der Waals surface area contributed by atoms with Crippen molar-refractivity contribution in [1.82, 2.24) is 4.98 Å². The van der Waals surface area contributed by atoms with Crippen LogP contribution in [-0.2, 0) is 5.41 Å². The molecular weight excluding hydrogens is 305 g/mol. The predicted molar refractivity (Wildman–Crippen MR) is 85.3 cm³/mol. The first-order chi connectivity index (χ1) is 10.0. The van der Waals surface area contributed by atoms with Crippen LogP contribution in [0.25, 0.3) is 0 Å². The molecule has 0 spiro atoms. The van der Waals surface area contributed by atoms with Crippen LogP contribution in [0.5, 0.6) is 0 Å². The minimum absolute atomic E-state index is 0.0882. The van der Waals surface area contributed by atoms with Crippen molar-refractivity contribution in [3.8, 4) is 0 Å². The van der Waals surface area contributed by atoms with E-state index in [0.717, 1.165) is 30.4 Å². The molecular formula is C17H15Cl2NO. The molecule has 0 N–H and O–H groups in total. The Morgan fingerprint density at radius 1 is 1.19 bits per heavy atom. The maximum atomic E-state index is 13.0. The zero-order valence-electron chi connectivity index (χ0n) is 11.7. The standard InChI is InChI=1S/C17H15Cl2NO/c1-11-4-2-9-20-15(11)16(21)17(7-3-8-17)12-5-6-13(18)14(19)10-12/h2,4-6,9-10H,3,7-8H2,1H3. The van der Waals surface area contributed by atoms with Crippen LogP contribution >= 0.6 is 23.2 Å². The van der Waals surface area contributed by atoms with E-state index >= 15 is 0 Å². The van der Waals surface area contributed by atoms with E-state index in [1.54, 1.807) is 12.3 Å². The van der Waals surface area contributed by atoms with Crippen molar-refractivity contribution < 1.29 is 4.79 Å². The number of benzene rings is 1. The molecule has 1 fully saturated rings. The van der Waals surface area contributed by atoms with Gasteiger partial charge in [-0.15, -0.1) is 0 Å². The zero-order chi connectivity index (χ0) is 15.0. The summed E-state index contributed by atoms with van der Waals surface area (Å²) in [5, 5.41) is 1.00. The quantitative estimate of drug-likeness (QED) is 0.745. The van der Waals surface area contributed by atoms with Gasteiger partial charge in [-0.3, -0.25) is 9.78 Å². The van der Waals surface area contributed by atoms with Gasteiger partial charge in [0, 0.05) is 6.20 Å². The van der Waals surface area contributed by atoms with Crippen molar-refractivity contribution in [1.29, 1.82) is 0 Å². The topological polar surface area (TPSA) is 30.0 Å². The van der Waals surface area contributed by atoms with Gasteiger partial charge in [-0.1, -0.05) is 41.8 Å². The maximum absolute atomic E-state index is 13.0. The molecule has 2 nitrogen and oxygen atoms in total. The summed E-state index contributed by atoms with van der Waals surface area (Å²) < 4.78 is 0. The molecule has 1 aromatic heterocycles. The Hall–Kier alpha value is -1.38. The Balaban J connectivity index is 2.06. The monoisotopic (exact) mass is 319 g/mol. The lowest BCUT2D eigenvalue weighted by Crippen LogP contribution is -2.43. The largest absolute Gasteiger partial charge is 0.291 e. The first-order valence-electron chi connectivity index (χ1n) is 6.96. The first kappa shape index (κ1) is 14.6. The van der Waals surface area contributed by atoms with Gasteiger partial charge >= 0.3 is 0 Å². The average Bonchev–Trinajstić information content (AvgIpc) is 2.42. The average molecular weight is 320 g/mol. The summed E-state index contributed by atoms with van der Waals surface area (Å²) in [5.41, 5.74) is 1.92. The molecule has 2 aromatic rings. The second-order valence-electron chi connectivity index (χ2n) is 5.56. The second kappa shape index (κ2) is 5.43. The third kappa shape index (κ3) is 2.37. The minimum atomic E-state index is -0.493. The molecule has 0 bridgehead atoms. The highest BCUT2D eigenvalue weighted by Crippen LogP contribution is 2.47. The van der Waals surface area contributed by atoms with Crippen LogP contribution in [0, 0.1) is 6.92 Å². The molecule has 3 rings (SSSR count). The highest BCUT2D eigenvalue weighted by molar-refractivity contribution is 6.42. The number of halogens is 2. The van der Waals surface area contributed by atoms with E-state index < -0.39 is 5.41 Å². The molecule has 0 unspecified atom stereocenters. The first-order valence-corrected chi connectivity index (χ1v) is 7.72. The van der Waals surface area contributed by atoms with Crippen LogP contribution in [0.2, 0.25) is 10.0 Å². The van der Waals surface area contributed by atoms with Gasteiger partial charge in [0.25, 0.3) is 0 Å². The number of hydrogen-bond donors (Lipinski definition) is 0. The van der Waals surface area contributed by atoms with Gasteiger partial charge in [-0.25, -0.2) is 0 Å². The highest BCUT2D eigenvalue weighted by Gasteiger charge is 2.46. The lowest BCUT2D eigenvalue weighted by molar-refractivity contribution is 0.0782. The number of hydrogen-bond acceptors (Lipinski definition) is 2. The normalized spacial score (nSPS) is 16.3. The fraction of sp³-hybridized carbons (Fsp3) is 0.294. The summed E-state index contributed by atoms with van der Waals surface area (Å²) in [5.74, 6) is 0.0882. The van der Waals surface area contributed by atoms with Crippen molar-refractivity contribution in [3.05, 3.63) is 63.4 Å². The molecule has 0 atom stereocenters. The smallest absolute Gasteiger partial charge is 0.191 e. The maximum Gasteiger partial charge on any atom is 0.191 e. The van der Waals surface area contributed by atoms with E-state index in [-0.39, 0.29) is 5.78 Å². The fourth-order valence-electron chi connectivity index (χ4n) is 2.92. The van der Waals surface area contributed by atoms with Crippen LogP contribution < -0.4 is 0 Å². The molecule has 0 saturated heterocycles. The summed E-state index contributed by atoms with van der Waals surface area (Å²) in [4.78, 5) is 17.3. The van der Waals surface area contributed by atoms with Crippen LogP contribution in [0.3, 0.4) is 0 Å². The van der Waals surface area contributed by atoms with Gasteiger partial charge in [0.1, 0.15) is 5.69 Å². The Labute approximate surface area is 134 Å². The summed E-state index contributed by atoms with van der Waals surface area (Å²) in [6.07, 6.45) is 4.37. The summed E-state index contributed by atoms with van der Waals surface area (Å²) >= 11 is 12.1. The van der Waals surface area contributed by atoms with E-state index in [2.05, 4.69) is 4.98 Å². The lowest BCUT2D eigenvalue weighted by Gasteiger charge is -2.41. The van der Waals surface area contributed by atoms with Crippen molar-refractivity contribution in [2.75, 3.05) is 0 Å². The van der Waals surface area contributed by atoms with E-state index in [4.69, 9.17) is 23.2 Å². The molecule has 1 aromatic carbocycles. The minimum Gasteiger partial charge on any atom is -0.291 e. The number of ketones is 1. The molecule has 0 amide bonds. The number of pyridine rings is 1. The molecule has 1 aliphatic rings. The SMILES string of the molecule is Cc1cccnc1C(=O)C1(c2ccc(Cl)c(Cl)c2)CCC1. The summed E-state index contributed by atoms with van der Waals surface area (Å²) in [6.45, 7) is 1.92. The van der Waals surface area contributed by atoms with Crippen molar-refractivity contribution in [3.63, 3.8) is 0 Å². The van der Waals surface area contributed by atoms with Crippen LogP contribution in [-0.4, -0.2) is 10.8 Å². The number of Topliss-reactive ketones (excluding diaryl/α,β-unsaturated/α-hetero) is 1. The van der Waals surface area contributed by atoms with Crippen LogP contribution in [0.15, 0.2) is 36.5 Å². The third-order valence-corrected chi connectivity index (χ3v) is 5.08. The summed E-state index contributed by atoms with van der Waals surface area (Å²) in [6, 6.07) is 9.25. The molecule has 1 saturated carbocycles. The molecule has 21 heavy (non-hydrogen) atoms. The van der Waals surface area contributed by atoms with Gasteiger partial charge in [0.05, 0.1) is 15.5 Å². The molecule has 1 aliphatic carbocycles. The van der Waals surface area contributed by atoms with Gasteiger partial charge in [-0.2, -0.15) is 0 Å². The van der Waals surface area contributed by atoms with Gasteiger partial charge < -0.3 is 0 Å². The molecule has 0 aliphatic heterocycles. The summed E-state index contributed by atoms with van der Waals surface area (Å²) in [7, 11) is 0. The van der Waals surface area contributed by atoms with E-state index in [1.165, 1.54) is 0 Å². The number of rotatable bonds is 3. The van der Waals surface area contributed by atoms with Crippen LogP contribution in [0.1, 0.15) is 40.9 Å². The van der Waals surface area contributed by atoms with E-state index in [9.17, 15) is 4.79 Å². The number of aryl methyl sites for hydroxylation is 1. The molecule has 108 valence electrons. The van der Waals surface area contributed by atoms with Crippen molar-refractivity contribution >= 4 is 29.0 Å². The number of carbonyl (C=O) groups excluding carboxylic acids is 1. The number of nitrogens with zero attached hydrogens (tertiary/aromatic N) is 1. The van der Waals surface area contributed by atoms with Gasteiger partial charge in [0.2, 0.25) is 0 Å². The Kier molecular flexibility index (Phi) is 3.76. The molecule has 1 heterocycles. The van der Waals surface area contributed by atoms with Gasteiger partial charge in [-0.05, 0) is 49.1 Å². The zero-order valence-corrected chi connectivity index (χ0v) is 13.2. The fourth-order valence-corrected chi connectivity index (χ4v) is 3.22. The predicted octanol–water partition coefficient (Wildman–Crippen LogP) is 5.00. The van der Waals surface area contributed by atoms with E-state index in [0.29, 0.717) is 15.7 Å². The van der Waals surface area contributed by atoms with Crippen molar-refractivity contribution in [2.24, 2.45) is 0 Å². The number of aromatic nitrogens is 1.